The molecule has 1 aromatic carbocycles. The molecule has 2 heterocycles. The number of carboxylic acid groups (broad SMARTS) is 1. The molecule has 0 bridgehead atoms. The van der Waals surface area contributed by atoms with Crippen LogP contribution in [0, 0.1) is 0 Å². The minimum atomic E-state index is -0.977. The van der Waals surface area contributed by atoms with E-state index in [1.165, 1.54) is 16.2 Å². The van der Waals surface area contributed by atoms with Gasteiger partial charge >= 0.3 is 5.97 Å². The summed E-state index contributed by atoms with van der Waals surface area (Å²) in [6, 6.07) is 9.33. The van der Waals surface area contributed by atoms with Crippen molar-refractivity contribution in [1.29, 1.82) is 0 Å². The van der Waals surface area contributed by atoms with Crippen LogP contribution in [0.3, 0.4) is 0 Å². The Morgan fingerprint density at radius 3 is 2.72 bits per heavy atom. The number of carbonyl (C=O) groups is 3. The van der Waals surface area contributed by atoms with Crippen molar-refractivity contribution in [3.63, 3.8) is 0 Å². The molecule has 0 unspecified atom stereocenters. The second-order valence-electron chi connectivity index (χ2n) is 5.86. The second-order valence-corrected chi connectivity index (χ2v) is 6.81. The maximum absolute atomic E-state index is 12.7. The Kier molecular flexibility index (Phi) is 5.14. The summed E-state index contributed by atoms with van der Waals surface area (Å²) >= 11 is 1.33. The average Bonchev–Trinajstić information content (AvgIpc) is 3.16. The minimum Gasteiger partial charge on any atom is -0.480 e. The first-order chi connectivity index (χ1) is 12.1. The van der Waals surface area contributed by atoms with Gasteiger partial charge in [0.2, 0.25) is 0 Å². The third-order valence-corrected chi connectivity index (χ3v) is 5.03. The van der Waals surface area contributed by atoms with Gasteiger partial charge in [0.1, 0.15) is 6.04 Å². The molecule has 130 valence electrons. The Balaban J connectivity index is 1.77. The number of amides is 2. The van der Waals surface area contributed by atoms with Gasteiger partial charge in [0.05, 0.1) is 4.88 Å². The molecule has 1 saturated heterocycles. The molecule has 3 rings (SSSR count). The highest BCUT2D eigenvalue weighted by atomic mass is 32.1. The Morgan fingerprint density at radius 1 is 1.16 bits per heavy atom. The van der Waals surface area contributed by atoms with Crippen molar-refractivity contribution >= 4 is 34.8 Å². The highest BCUT2D eigenvalue weighted by Crippen LogP contribution is 2.22. The molecule has 0 aliphatic carbocycles. The zero-order valence-corrected chi connectivity index (χ0v) is 14.3. The van der Waals surface area contributed by atoms with E-state index in [1.807, 2.05) is 5.38 Å². The average molecular weight is 358 g/mol. The van der Waals surface area contributed by atoms with Crippen molar-refractivity contribution in [3.05, 3.63) is 52.2 Å². The third kappa shape index (κ3) is 3.88. The smallest absolute Gasteiger partial charge is 0.326 e. The maximum atomic E-state index is 12.7. The van der Waals surface area contributed by atoms with Crippen molar-refractivity contribution in [2.45, 2.75) is 25.3 Å². The maximum Gasteiger partial charge on any atom is 0.326 e. The summed E-state index contributed by atoms with van der Waals surface area (Å²) in [6.07, 6.45) is 2.07. The first kappa shape index (κ1) is 17.2. The van der Waals surface area contributed by atoms with Gasteiger partial charge in [-0.15, -0.1) is 11.3 Å². The predicted octanol–water partition coefficient (Wildman–Crippen LogP) is 3.08. The molecule has 2 N–H and O–H groups in total. The monoisotopic (exact) mass is 358 g/mol. The number of thiophene rings is 1. The van der Waals surface area contributed by atoms with Gasteiger partial charge in [-0.2, -0.15) is 0 Å². The zero-order valence-electron chi connectivity index (χ0n) is 13.5. The normalized spacial score (nSPS) is 17.1. The molecule has 2 aromatic rings. The highest BCUT2D eigenvalue weighted by Gasteiger charge is 2.32. The number of rotatable bonds is 4. The lowest BCUT2D eigenvalue weighted by Crippen LogP contribution is -2.48. The van der Waals surface area contributed by atoms with Gasteiger partial charge in [-0.1, -0.05) is 12.1 Å². The summed E-state index contributed by atoms with van der Waals surface area (Å²) in [7, 11) is 0. The molecule has 0 spiro atoms. The van der Waals surface area contributed by atoms with Crippen LogP contribution in [0.4, 0.5) is 5.69 Å². The lowest BCUT2D eigenvalue weighted by molar-refractivity contribution is -0.143. The molecular formula is C18H18N2O4S. The van der Waals surface area contributed by atoms with Gasteiger partial charge in [0.15, 0.2) is 0 Å². The lowest BCUT2D eigenvalue weighted by atomic mass is 10.0. The van der Waals surface area contributed by atoms with Crippen molar-refractivity contribution in [3.8, 4) is 0 Å². The SMILES string of the molecule is O=C(Nc1cccc(C(=O)N2CCCC[C@@H]2C(=O)O)c1)c1cccs1. The number of nitrogens with zero attached hydrogens (tertiary/aromatic N) is 1. The summed E-state index contributed by atoms with van der Waals surface area (Å²) in [5.41, 5.74) is 0.880. The Labute approximate surface area is 149 Å². The molecule has 1 aliphatic rings. The van der Waals surface area contributed by atoms with Crippen molar-refractivity contribution in [1.82, 2.24) is 4.90 Å². The van der Waals surface area contributed by atoms with Gasteiger partial charge < -0.3 is 15.3 Å². The molecule has 1 atom stereocenters. The van der Waals surface area contributed by atoms with Crippen LogP contribution in [0.15, 0.2) is 41.8 Å². The van der Waals surface area contributed by atoms with Gasteiger partial charge in [-0.25, -0.2) is 4.79 Å². The van der Waals surface area contributed by atoms with Crippen molar-refractivity contribution in [2.24, 2.45) is 0 Å². The van der Waals surface area contributed by atoms with E-state index >= 15 is 0 Å². The van der Waals surface area contributed by atoms with Crippen LogP contribution in [0.1, 0.15) is 39.3 Å². The summed E-state index contributed by atoms with van der Waals surface area (Å²) < 4.78 is 0. The van der Waals surface area contributed by atoms with Crippen LogP contribution in [0.2, 0.25) is 0 Å². The number of nitrogens with one attached hydrogen (secondary N) is 1. The molecule has 0 radical (unpaired) electrons. The fraction of sp³-hybridized carbons (Fsp3) is 0.278. The summed E-state index contributed by atoms with van der Waals surface area (Å²) in [4.78, 5) is 38.2. The van der Waals surface area contributed by atoms with Gasteiger partial charge in [0, 0.05) is 17.8 Å². The second kappa shape index (κ2) is 7.48. The number of hydrogen-bond donors (Lipinski definition) is 2. The van der Waals surface area contributed by atoms with E-state index in [0.29, 0.717) is 29.1 Å². The molecule has 6 nitrogen and oxygen atoms in total. The quantitative estimate of drug-likeness (QED) is 0.879. The predicted molar refractivity (Wildman–Crippen MR) is 95.0 cm³/mol. The van der Waals surface area contributed by atoms with Crippen molar-refractivity contribution < 1.29 is 19.5 Å². The number of carbonyl (C=O) groups excluding carboxylic acids is 2. The number of aliphatic carboxylic acids is 1. The molecule has 2 amide bonds. The summed E-state index contributed by atoms with van der Waals surface area (Å²) in [5, 5.41) is 13.9. The van der Waals surface area contributed by atoms with E-state index in [0.717, 1.165) is 12.8 Å². The number of likely N-dealkylation sites (tertiary alicyclic amines) is 1. The van der Waals surface area contributed by atoms with E-state index in [2.05, 4.69) is 5.32 Å². The number of carboxylic acids is 1. The standard InChI is InChI=1S/C18H18N2O4S/c21-16(15-8-4-10-25-15)19-13-6-3-5-12(11-13)17(22)20-9-2-1-7-14(20)18(23)24/h3-6,8,10-11,14H,1-2,7,9H2,(H,19,21)(H,23,24)/t14-/m1/s1. The molecule has 1 fully saturated rings. The number of piperidine rings is 1. The molecule has 25 heavy (non-hydrogen) atoms. The zero-order chi connectivity index (χ0) is 17.8. The topological polar surface area (TPSA) is 86.7 Å². The molecule has 7 heteroatoms. The van der Waals surface area contributed by atoms with Gasteiger partial charge in [-0.3, -0.25) is 9.59 Å². The third-order valence-electron chi connectivity index (χ3n) is 4.16. The molecule has 1 aromatic heterocycles. The number of anilines is 1. The van der Waals surface area contributed by atoms with Crippen LogP contribution in [0.5, 0.6) is 0 Å². The molecular weight excluding hydrogens is 340 g/mol. The van der Waals surface area contributed by atoms with E-state index in [-0.39, 0.29) is 11.8 Å². The first-order valence-electron chi connectivity index (χ1n) is 8.05. The van der Waals surface area contributed by atoms with E-state index in [4.69, 9.17) is 0 Å². The molecule has 0 saturated carbocycles. The first-order valence-corrected chi connectivity index (χ1v) is 8.93. The van der Waals surface area contributed by atoms with Crippen LogP contribution >= 0.6 is 11.3 Å². The Morgan fingerprint density at radius 2 is 2.00 bits per heavy atom. The number of hydrogen-bond acceptors (Lipinski definition) is 4. The van der Waals surface area contributed by atoms with Crippen LogP contribution in [-0.4, -0.2) is 40.4 Å². The van der Waals surface area contributed by atoms with Crippen LogP contribution in [0.25, 0.3) is 0 Å². The Hall–Kier alpha value is -2.67. The largest absolute Gasteiger partial charge is 0.480 e. The van der Waals surface area contributed by atoms with Gasteiger partial charge in [0.25, 0.3) is 11.8 Å². The fourth-order valence-electron chi connectivity index (χ4n) is 2.93. The summed E-state index contributed by atoms with van der Waals surface area (Å²) in [6.45, 7) is 0.432. The van der Waals surface area contributed by atoms with E-state index < -0.39 is 12.0 Å². The highest BCUT2D eigenvalue weighted by molar-refractivity contribution is 7.12. The minimum absolute atomic E-state index is 0.235. The fourth-order valence-corrected chi connectivity index (χ4v) is 3.55. The summed E-state index contributed by atoms with van der Waals surface area (Å²) in [5.74, 6) is -1.53. The number of benzene rings is 1. The molecule has 1 aliphatic heterocycles. The lowest BCUT2D eigenvalue weighted by Gasteiger charge is -2.33. The van der Waals surface area contributed by atoms with Crippen LogP contribution in [-0.2, 0) is 4.79 Å². The van der Waals surface area contributed by atoms with Gasteiger partial charge in [-0.05, 0) is 48.9 Å². The van der Waals surface area contributed by atoms with E-state index in [9.17, 15) is 19.5 Å². The Bertz CT molecular complexity index is 788. The van der Waals surface area contributed by atoms with E-state index in [1.54, 1.807) is 36.4 Å². The van der Waals surface area contributed by atoms with Crippen molar-refractivity contribution in [2.75, 3.05) is 11.9 Å². The van der Waals surface area contributed by atoms with Crippen LogP contribution < -0.4 is 5.32 Å².